The number of benzene rings is 2. The van der Waals surface area contributed by atoms with Crippen molar-refractivity contribution in [2.45, 2.75) is 44.4 Å². The van der Waals surface area contributed by atoms with E-state index in [1.165, 1.54) is 0 Å². The Kier molecular flexibility index (Phi) is 3.85. The van der Waals surface area contributed by atoms with Crippen LogP contribution in [0.1, 0.15) is 45.0 Å². The first kappa shape index (κ1) is 18.8. The van der Waals surface area contributed by atoms with Gasteiger partial charge in [0.1, 0.15) is 0 Å². The molecule has 29 heavy (non-hydrogen) atoms. The Bertz CT molecular complexity index is 1180. The van der Waals surface area contributed by atoms with Crippen LogP contribution in [0.4, 0.5) is 5.69 Å². The molecule has 1 aromatic heterocycles. The van der Waals surface area contributed by atoms with Gasteiger partial charge in [0.15, 0.2) is 0 Å². The fourth-order valence-corrected chi connectivity index (χ4v) is 5.68. The average Bonchev–Trinajstić information content (AvgIpc) is 2.98. The van der Waals surface area contributed by atoms with Gasteiger partial charge in [-0.05, 0) is 42.5 Å². The molecular formula is C23H21Cl2N3O. The van der Waals surface area contributed by atoms with E-state index in [4.69, 9.17) is 33.2 Å². The minimum Gasteiger partial charge on any atom is -0.325 e. The zero-order chi connectivity index (χ0) is 20.6. The van der Waals surface area contributed by atoms with Gasteiger partial charge in [-0.25, -0.2) is 9.97 Å². The molecule has 5 rings (SSSR count). The van der Waals surface area contributed by atoms with Crippen molar-refractivity contribution in [3.63, 3.8) is 0 Å². The topological polar surface area (TPSA) is 54.9 Å². The molecule has 148 valence electrons. The third-order valence-corrected chi connectivity index (χ3v) is 8.22. The molecule has 2 atom stereocenters. The summed E-state index contributed by atoms with van der Waals surface area (Å²) in [4.78, 5) is 23.7. The fourth-order valence-electron chi connectivity index (χ4n) is 5.36. The number of hydrogen-bond acceptors (Lipinski definition) is 3. The van der Waals surface area contributed by atoms with Crippen molar-refractivity contribution >= 4 is 45.8 Å². The second-order valence-electron chi connectivity index (χ2n) is 8.86. The van der Waals surface area contributed by atoms with Crippen LogP contribution >= 0.6 is 23.2 Å². The number of carbonyl (C=O) groups is 1. The number of nitrogens with one attached hydrogen (secondary N) is 1. The molecule has 1 fully saturated rings. The summed E-state index contributed by atoms with van der Waals surface area (Å²) in [5, 5.41) is 4.02. The van der Waals surface area contributed by atoms with Crippen LogP contribution < -0.4 is 5.32 Å². The van der Waals surface area contributed by atoms with Crippen LogP contribution in [0.2, 0.25) is 10.0 Å². The molecule has 2 unspecified atom stereocenters. The van der Waals surface area contributed by atoms with Crippen molar-refractivity contribution in [1.29, 1.82) is 0 Å². The zero-order valence-electron chi connectivity index (χ0n) is 16.5. The number of para-hydroxylation sites is 1. The first-order valence-electron chi connectivity index (χ1n) is 9.75. The van der Waals surface area contributed by atoms with Gasteiger partial charge in [0.05, 0.1) is 37.9 Å². The molecule has 0 saturated heterocycles. The van der Waals surface area contributed by atoms with Gasteiger partial charge in [-0.3, -0.25) is 4.79 Å². The maximum atomic E-state index is 13.7. The van der Waals surface area contributed by atoms with Crippen molar-refractivity contribution in [1.82, 2.24) is 9.97 Å². The summed E-state index contributed by atoms with van der Waals surface area (Å²) < 4.78 is 0. The van der Waals surface area contributed by atoms with Crippen LogP contribution in [0.5, 0.6) is 0 Å². The van der Waals surface area contributed by atoms with E-state index in [0.29, 0.717) is 21.1 Å². The molecule has 2 bridgehead atoms. The minimum atomic E-state index is -0.750. The van der Waals surface area contributed by atoms with Gasteiger partial charge in [-0.2, -0.15) is 0 Å². The summed E-state index contributed by atoms with van der Waals surface area (Å²) in [6.07, 6.45) is 1.63. The Balaban J connectivity index is 1.73. The third-order valence-electron chi connectivity index (χ3n) is 7.50. The van der Waals surface area contributed by atoms with E-state index in [9.17, 15) is 4.79 Å². The first-order valence-corrected chi connectivity index (χ1v) is 10.5. The lowest BCUT2D eigenvalue weighted by molar-refractivity contribution is -0.125. The van der Waals surface area contributed by atoms with E-state index in [-0.39, 0.29) is 16.7 Å². The molecule has 2 aliphatic carbocycles. The summed E-state index contributed by atoms with van der Waals surface area (Å²) in [5.74, 6) is -0.0233. The smallest absolute Gasteiger partial charge is 0.237 e. The van der Waals surface area contributed by atoms with E-state index in [2.05, 4.69) is 26.1 Å². The van der Waals surface area contributed by atoms with Gasteiger partial charge in [0.2, 0.25) is 5.91 Å². The molecule has 1 saturated carbocycles. The summed E-state index contributed by atoms with van der Waals surface area (Å²) in [6.45, 7) is 6.53. The van der Waals surface area contributed by atoms with Crippen LogP contribution in [-0.4, -0.2) is 15.9 Å². The predicted molar refractivity (Wildman–Crippen MR) is 117 cm³/mol. The highest BCUT2D eigenvalue weighted by Gasteiger charge is 2.73. The van der Waals surface area contributed by atoms with Crippen LogP contribution in [0.25, 0.3) is 11.0 Å². The van der Waals surface area contributed by atoms with Crippen LogP contribution in [0.15, 0.2) is 42.5 Å². The standard InChI is InChI=1S/C23H21Cl2N3O/c1-21(2)22(3)9-10-23(21,20(29)26-13-7-5-4-6-8-13)19-18(22)27-16-11-14(24)15(25)12-17(16)28-19/h4-8,11-12H,9-10H2,1-3H3,(H,26,29). The Morgan fingerprint density at radius 2 is 1.52 bits per heavy atom. The number of hydrogen-bond donors (Lipinski definition) is 1. The lowest BCUT2D eigenvalue weighted by Crippen LogP contribution is -2.48. The Labute approximate surface area is 179 Å². The molecule has 0 radical (unpaired) electrons. The van der Waals surface area contributed by atoms with Gasteiger partial charge in [-0.15, -0.1) is 0 Å². The Hall–Kier alpha value is -2.17. The molecule has 1 N–H and O–H groups in total. The number of halogens is 2. The molecular weight excluding hydrogens is 405 g/mol. The van der Waals surface area contributed by atoms with Gasteiger partial charge < -0.3 is 5.32 Å². The van der Waals surface area contributed by atoms with Crippen molar-refractivity contribution in [2.75, 3.05) is 5.32 Å². The monoisotopic (exact) mass is 425 g/mol. The molecule has 4 nitrogen and oxygen atoms in total. The highest BCUT2D eigenvalue weighted by atomic mass is 35.5. The lowest BCUT2D eigenvalue weighted by Gasteiger charge is -2.39. The summed E-state index contributed by atoms with van der Waals surface area (Å²) in [7, 11) is 0. The number of amides is 1. The highest BCUT2D eigenvalue weighted by Crippen LogP contribution is 2.70. The summed E-state index contributed by atoms with van der Waals surface area (Å²) >= 11 is 12.4. The Morgan fingerprint density at radius 3 is 2.14 bits per heavy atom. The lowest BCUT2D eigenvalue weighted by atomic mass is 9.63. The van der Waals surface area contributed by atoms with E-state index < -0.39 is 5.41 Å². The molecule has 6 heteroatoms. The van der Waals surface area contributed by atoms with E-state index in [1.54, 1.807) is 12.1 Å². The van der Waals surface area contributed by atoms with Crippen LogP contribution in [-0.2, 0) is 15.6 Å². The highest BCUT2D eigenvalue weighted by molar-refractivity contribution is 6.42. The first-order chi connectivity index (χ1) is 13.7. The van der Waals surface area contributed by atoms with Crippen molar-refractivity contribution in [2.24, 2.45) is 5.41 Å². The van der Waals surface area contributed by atoms with Gasteiger partial charge in [0.25, 0.3) is 0 Å². The number of fused-ring (bicyclic) bond motifs is 6. The van der Waals surface area contributed by atoms with E-state index >= 15 is 0 Å². The minimum absolute atomic E-state index is 0.0233. The maximum Gasteiger partial charge on any atom is 0.237 e. The number of nitrogens with zero attached hydrogens (tertiary/aromatic N) is 2. The van der Waals surface area contributed by atoms with Crippen molar-refractivity contribution < 1.29 is 4.79 Å². The normalized spacial score (nSPS) is 26.5. The molecule has 1 amide bonds. The number of rotatable bonds is 2. The number of anilines is 1. The molecule has 2 aliphatic rings. The van der Waals surface area contributed by atoms with Crippen molar-refractivity contribution in [3.8, 4) is 0 Å². The largest absolute Gasteiger partial charge is 0.325 e. The predicted octanol–water partition coefficient (Wildman–Crippen LogP) is 5.90. The van der Waals surface area contributed by atoms with Crippen molar-refractivity contribution in [3.05, 3.63) is 63.9 Å². The Morgan fingerprint density at radius 1 is 0.931 bits per heavy atom. The number of aromatic nitrogens is 2. The molecule has 2 aromatic carbocycles. The zero-order valence-corrected chi connectivity index (χ0v) is 18.0. The maximum absolute atomic E-state index is 13.7. The van der Waals surface area contributed by atoms with Gasteiger partial charge in [-0.1, -0.05) is 62.2 Å². The van der Waals surface area contributed by atoms with Gasteiger partial charge in [0, 0.05) is 11.1 Å². The molecule has 1 heterocycles. The molecule has 0 spiro atoms. The third kappa shape index (κ3) is 2.25. The number of carbonyl (C=O) groups excluding carboxylic acids is 1. The molecule has 0 aliphatic heterocycles. The quantitative estimate of drug-likeness (QED) is 0.555. The second-order valence-corrected chi connectivity index (χ2v) is 9.67. The molecule has 3 aromatic rings. The SMILES string of the molecule is CC12CCC(C(=O)Nc3ccccc3)(c3nc4cc(Cl)c(Cl)cc4nc31)C2(C)C. The average molecular weight is 426 g/mol. The summed E-state index contributed by atoms with van der Waals surface area (Å²) in [5.41, 5.74) is 2.50. The van der Waals surface area contributed by atoms with E-state index in [0.717, 1.165) is 29.9 Å². The fraction of sp³-hybridized carbons (Fsp3) is 0.348. The van der Waals surface area contributed by atoms with Crippen LogP contribution in [0.3, 0.4) is 0 Å². The van der Waals surface area contributed by atoms with Gasteiger partial charge >= 0.3 is 0 Å². The summed E-state index contributed by atoms with van der Waals surface area (Å²) in [6, 6.07) is 13.1. The second kappa shape index (κ2) is 5.93. The van der Waals surface area contributed by atoms with E-state index in [1.807, 2.05) is 30.3 Å². The van der Waals surface area contributed by atoms with Crippen LogP contribution in [0, 0.1) is 5.41 Å².